The highest BCUT2D eigenvalue weighted by Gasteiger charge is 2.07. The second kappa shape index (κ2) is 5.10. The molecular weight excluding hydrogens is 315 g/mol. The normalized spacial score (nSPS) is 10.0. The summed E-state index contributed by atoms with van der Waals surface area (Å²) in [4.78, 5) is 35.4. The number of rotatable bonds is 3. The SMILES string of the molecule is CCOC(=O)Cn1cc(I)c(=O)[nH]c1=O. The van der Waals surface area contributed by atoms with Crippen molar-refractivity contribution in [2.24, 2.45) is 0 Å². The molecule has 7 heteroatoms. The fourth-order valence-electron chi connectivity index (χ4n) is 0.946. The van der Waals surface area contributed by atoms with Crippen molar-refractivity contribution < 1.29 is 9.53 Å². The Hall–Kier alpha value is -1.12. The smallest absolute Gasteiger partial charge is 0.328 e. The van der Waals surface area contributed by atoms with Gasteiger partial charge < -0.3 is 4.74 Å². The minimum Gasteiger partial charge on any atom is -0.465 e. The number of aromatic nitrogens is 2. The number of carbonyl (C=O) groups excluding carboxylic acids is 1. The van der Waals surface area contributed by atoms with Crippen LogP contribution in [0.1, 0.15) is 6.92 Å². The number of carbonyl (C=O) groups is 1. The average molecular weight is 324 g/mol. The maximum atomic E-state index is 11.2. The molecule has 6 nitrogen and oxygen atoms in total. The summed E-state index contributed by atoms with van der Waals surface area (Å²) in [6.07, 6.45) is 1.32. The van der Waals surface area contributed by atoms with Gasteiger partial charge in [0.15, 0.2) is 0 Å². The summed E-state index contributed by atoms with van der Waals surface area (Å²) in [7, 11) is 0. The molecule has 0 aliphatic heterocycles. The lowest BCUT2D eigenvalue weighted by molar-refractivity contribution is -0.143. The molecule has 1 heterocycles. The lowest BCUT2D eigenvalue weighted by Gasteiger charge is -2.04. The zero-order chi connectivity index (χ0) is 11.4. The summed E-state index contributed by atoms with van der Waals surface area (Å²) in [6.45, 7) is 1.74. The van der Waals surface area contributed by atoms with Crippen molar-refractivity contribution in [3.05, 3.63) is 30.6 Å². The second-order valence-electron chi connectivity index (χ2n) is 2.67. The van der Waals surface area contributed by atoms with Crippen LogP contribution in [-0.4, -0.2) is 22.1 Å². The van der Waals surface area contributed by atoms with Gasteiger partial charge in [0, 0.05) is 6.20 Å². The predicted molar refractivity (Wildman–Crippen MR) is 60.7 cm³/mol. The molecule has 82 valence electrons. The molecule has 0 bridgehead atoms. The minimum atomic E-state index is -0.617. The molecular formula is C8H9IN2O4. The first-order chi connectivity index (χ1) is 7.04. The molecule has 1 aromatic rings. The van der Waals surface area contributed by atoms with Crippen molar-refractivity contribution in [3.63, 3.8) is 0 Å². The zero-order valence-electron chi connectivity index (χ0n) is 7.95. The maximum Gasteiger partial charge on any atom is 0.328 e. The number of hydrogen-bond donors (Lipinski definition) is 1. The van der Waals surface area contributed by atoms with E-state index in [1.165, 1.54) is 6.20 Å². The van der Waals surface area contributed by atoms with E-state index in [0.717, 1.165) is 4.57 Å². The lowest BCUT2D eigenvalue weighted by atomic mass is 10.5. The molecule has 0 radical (unpaired) electrons. The molecule has 0 spiro atoms. The molecule has 0 amide bonds. The summed E-state index contributed by atoms with van der Waals surface area (Å²) in [5, 5.41) is 0. The molecule has 1 aromatic heterocycles. The molecule has 0 atom stereocenters. The van der Waals surface area contributed by atoms with E-state index >= 15 is 0 Å². The third-order valence-electron chi connectivity index (χ3n) is 1.57. The highest BCUT2D eigenvalue weighted by Crippen LogP contribution is 1.93. The zero-order valence-corrected chi connectivity index (χ0v) is 10.1. The Balaban J connectivity index is 2.96. The van der Waals surface area contributed by atoms with Crippen molar-refractivity contribution in [2.45, 2.75) is 13.5 Å². The minimum absolute atomic E-state index is 0.195. The molecule has 0 aliphatic carbocycles. The molecule has 0 unspecified atom stereocenters. The van der Waals surface area contributed by atoms with E-state index in [-0.39, 0.29) is 13.2 Å². The lowest BCUT2D eigenvalue weighted by Crippen LogP contribution is -2.33. The maximum absolute atomic E-state index is 11.2. The van der Waals surface area contributed by atoms with Crippen LogP contribution in [0.4, 0.5) is 0 Å². The van der Waals surface area contributed by atoms with E-state index in [4.69, 9.17) is 0 Å². The Bertz CT molecular complexity index is 476. The van der Waals surface area contributed by atoms with Crippen LogP contribution in [0.2, 0.25) is 0 Å². The van der Waals surface area contributed by atoms with Gasteiger partial charge in [-0.2, -0.15) is 0 Å². The van der Waals surface area contributed by atoms with Gasteiger partial charge in [-0.15, -0.1) is 0 Å². The van der Waals surface area contributed by atoms with E-state index in [9.17, 15) is 14.4 Å². The van der Waals surface area contributed by atoms with Crippen molar-refractivity contribution >= 4 is 28.6 Å². The van der Waals surface area contributed by atoms with Gasteiger partial charge in [-0.05, 0) is 29.5 Å². The van der Waals surface area contributed by atoms with Gasteiger partial charge in [-0.25, -0.2) is 4.79 Å². The van der Waals surface area contributed by atoms with Crippen LogP contribution in [0.15, 0.2) is 15.8 Å². The first-order valence-corrected chi connectivity index (χ1v) is 5.27. The first kappa shape index (κ1) is 12.0. The number of nitrogens with one attached hydrogen (secondary N) is 1. The average Bonchev–Trinajstić information content (AvgIpc) is 2.14. The number of aromatic amines is 1. The third kappa shape index (κ3) is 3.18. The van der Waals surface area contributed by atoms with Crippen LogP contribution in [-0.2, 0) is 16.1 Å². The van der Waals surface area contributed by atoms with Crippen molar-refractivity contribution in [1.29, 1.82) is 0 Å². The molecule has 1 rings (SSSR count). The Labute approximate surface area is 98.4 Å². The van der Waals surface area contributed by atoms with Crippen molar-refractivity contribution in [2.75, 3.05) is 6.61 Å². The molecule has 0 saturated carbocycles. The number of esters is 1. The molecule has 0 fully saturated rings. The number of nitrogens with zero attached hydrogens (tertiary/aromatic N) is 1. The molecule has 15 heavy (non-hydrogen) atoms. The van der Waals surface area contributed by atoms with Crippen molar-refractivity contribution in [1.82, 2.24) is 9.55 Å². The number of ether oxygens (including phenoxy) is 1. The van der Waals surface area contributed by atoms with Gasteiger partial charge in [0.1, 0.15) is 6.54 Å². The Kier molecular flexibility index (Phi) is 4.06. The van der Waals surface area contributed by atoms with E-state index in [2.05, 4.69) is 9.72 Å². The third-order valence-corrected chi connectivity index (χ3v) is 2.34. The fraction of sp³-hybridized carbons (Fsp3) is 0.375. The number of H-pyrrole nitrogens is 1. The van der Waals surface area contributed by atoms with Gasteiger partial charge >= 0.3 is 11.7 Å². The predicted octanol–water partition coefficient (Wildman–Crippen LogP) is -0.296. The molecule has 0 saturated heterocycles. The van der Waals surface area contributed by atoms with E-state index in [0.29, 0.717) is 3.57 Å². The number of halogens is 1. The number of hydrogen-bond acceptors (Lipinski definition) is 4. The quantitative estimate of drug-likeness (QED) is 0.612. The summed E-state index contributed by atoms with van der Waals surface area (Å²) >= 11 is 1.78. The van der Waals surface area contributed by atoms with Gasteiger partial charge in [0.2, 0.25) is 0 Å². The monoisotopic (exact) mass is 324 g/mol. The standard InChI is InChI=1S/C8H9IN2O4/c1-2-15-6(12)4-11-3-5(9)7(13)10-8(11)14/h3H,2,4H2,1H3,(H,10,13,14). The Morgan fingerprint density at radius 1 is 1.60 bits per heavy atom. The van der Waals surface area contributed by atoms with Gasteiger partial charge in [-0.3, -0.25) is 19.1 Å². The highest BCUT2D eigenvalue weighted by atomic mass is 127. The summed E-state index contributed by atoms with van der Waals surface area (Å²) in [6, 6.07) is 0. The summed E-state index contributed by atoms with van der Waals surface area (Å²) < 4.78 is 6.12. The summed E-state index contributed by atoms with van der Waals surface area (Å²) in [5.74, 6) is -0.512. The second-order valence-corrected chi connectivity index (χ2v) is 3.83. The van der Waals surface area contributed by atoms with E-state index in [1.807, 2.05) is 0 Å². The van der Waals surface area contributed by atoms with Gasteiger partial charge in [0.05, 0.1) is 10.2 Å². The summed E-state index contributed by atoms with van der Waals surface area (Å²) in [5.41, 5.74) is -1.07. The van der Waals surface area contributed by atoms with Crippen LogP contribution in [0.25, 0.3) is 0 Å². The van der Waals surface area contributed by atoms with Crippen LogP contribution in [0, 0.1) is 3.57 Å². The van der Waals surface area contributed by atoms with Crippen molar-refractivity contribution in [3.8, 4) is 0 Å². The van der Waals surface area contributed by atoms with Crippen LogP contribution < -0.4 is 11.2 Å². The van der Waals surface area contributed by atoms with Gasteiger partial charge in [0.25, 0.3) is 5.56 Å². The van der Waals surface area contributed by atoms with Gasteiger partial charge in [-0.1, -0.05) is 0 Å². The molecule has 1 N–H and O–H groups in total. The van der Waals surface area contributed by atoms with E-state index < -0.39 is 17.2 Å². The van der Waals surface area contributed by atoms with Crippen LogP contribution in [0.3, 0.4) is 0 Å². The molecule has 0 aliphatic rings. The highest BCUT2D eigenvalue weighted by molar-refractivity contribution is 14.1. The Morgan fingerprint density at radius 3 is 2.87 bits per heavy atom. The first-order valence-electron chi connectivity index (χ1n) is 4.19. The largest absolute Gasteiger partial charge is 0.465 e. The molecule has 0 aromatic carbocycles. The van der Waals surface area contributed by atoms with Crippen LogP contribution >= 0.6 is 22.6 Å². The fourth-order valence-corrected chi connectivity index (χ4v) is 1.42. The van der Waals surface area contributed by atoms with Crippen LogP contribution in [0.5, 0.6) is 0 Å². The topological polar surface area (TPSA) is 81.2 Å². The van der Waals surface area contributed by atoms with E-state index in [1.54, 1.807) is 29.5 Å². The Morgan fingerprint density at radius 2 is 2.27 bits per heavy atom.